The lowest BCUT2D eigenvalue weighted by Gasteiger charge is -2.08. The molecule has 2 rings (SSSR count). The number of pyridine rings is 1. The number of aromatic nitrogens is 1. The average molecular weight is 270 g/mol. The number of rotatable bonds is 2. The van der Waals surface area contributed by atoms with E-state index in [2.05, 4.69) is 4.98 Å². The Morgan fingerprint density at radius 3 is 2.00 bits per heavy atom. The lowest BCUT2D eigenvalue weighted by molar-refractivity contribution is 0.102. The highest BCUT2D eigenvalue weighted by molar-refractivity contribution is 6.04. The summed E-state index contributed by atoms with van der Waals surface area (Å²) in [5.74, 6) is -8.08. The maximum absolute atomic E-state index is 13.3. The first-order chi connectivity index (χ1) is 9.00. The minimum atomic E-state index is -1.83. The zero-order valence-electron chi connectivity index (χ0n) is 9.25. The summed E-state index contributed by atoms with van der Waals surface area (Å²) in [7, 11) is 0. The van der Waals surface area contributed by atoms with E-state index in [1.807, 2.05) is 0 Å². The molecule has 1 aromatic heterocycles. The van der Waals surface area contributed by atoms with Gasteiger partial charge in [-0.3, -0.25) is 4.79 Å². The van der Waals surface area contributed by atoms with Crippen LogP contribution in [0.1, 0.15) is 10.4 Å². The molecule has 3 nitrogen and oxygen atoms in total. The van der Waals surface area contributed by atoms with Gasteiger partial charge in [0, 0.05) is 5.56 Å². The van der Waals surface area contributed by atoms with Gasteiger partial charge in [-0.25, -0.2) is 0 Å². The van der Waals surface area contributed by atoms with Crippen LogP contribution in [0.2, 0.25) is 0 Å². The van der Waals surface area contributed by atoms with E-state index in [4.69, 9.17) is 0 Å². The van der Waals surface area contributed by atoms with Gasteiger partial charge in [0.1, 0.15) is 5.69 Å². The monoisotopic (exact) mass is 270 g/mol. The molecule has 19 heavy (non-hydrogen) atoms. The molecule has 1 amide bonds. The van der Waals surface area contributed by atoms with Crippen LogP contribution in [0, 0.1) is 23.5 Å². The number of halogens is 4. The van der Waals surface area contributed by atoms with Crippen molar-refractivity contribution in [2.45, 2.75) is 0 Å². The first-order valence-electron chi connectivity index (χ1n) is 5.07. The van der Waals surface area contributed by atoms with Gasteiger partial charge in [-0.05, 0) is 12.1 Å². The third-order valence-electron chi connectivity index (χ3n) is 2.27. The van der Waals surface area contributed by atoms with Crippen LogP contribution >= 0.6 is 0 Å². The van der Waals surface area contributed by atoms with Crippen molar-refractivity contribution < 1.29 is 22.4 Å². The molecule has 0 unspecified atom stereocenters. The quantitative estimate of drug-likeness (QED) is 0.673. The molecule has 0 aliphatic rings. The molecular formula is C12H6F4N2O. The lowest BCUT2D eigenvalue weighted by atomic mass is 10.2. The molecule has 0 radical (unpaired) electrons. The van der Waals surface area contributed by atoms with Crippen molar-refractivity contribution in [2.75, 3.05) is 5.32 Å². The Bertz CT molecular complexity index is 605. The number of anilines is 1. The van der Waals surface area contributed by atoms with Crippen molar-refractivity contribution in [3.05, 3.63) is 59.4 Å². The highest BCUT2D eigenvalue weighted by Gasteiger charge is 2.22. The van der Waals surface area contributed by atoms with Crippen molar-refractivity contribution in [3.8, 4) is 0 Å². The number of nitrogens with zero attached hydrogens (tertiary/aromatic N) is 1. The number of hydrogen-bond donors (Lipinski definition) is 1. The van der Waals surface area contributed by atoms with Gasteiger partial charge in [0.15, 0.2) is 0 Å². The Morgan fingerprint density at radius 1 is 0.947 bits per heavy atom. The van der Waals surface area contributed by atoms with Gasteiger partial charge in [-0.1, -0.05) is 18.2 Å². The summed E-state index contributed by atoms with van der Waals surface area (Å²) in [5, 5.41) is 1.77. The van der Waals surface area contributed by atoms with E-state index in [9.17, 15) is 22.4 Å². The summed E-state index contributed by atoms with van der Waals surface area (Å²) in [4.78, 5) is 14.0. The Balaban J connectivity index is 2.37. The fourth-order valence-electron chi connectivity index (χ4n) is 1.37. The van der Waals surface area contributed by atoms with Crippen LogP contribution in [-0.2, 0) is 0 Å². The highest BCUT2D eigenvalue weighted by atomic mass is 19.2. The summed E-state index contributed by atoms with van der Waals surface area (Å²) in [6, 6.07) is 7.42. The van der Waals surface area contributed by atoms with Crippen molar-refractivity contribution in [3.63, 3.8) is 0 Å². The largest absolute Gasteiger partial charge is 0.317 e. The maximum Gasteiger partial charge on any atom is 0.255 e. The zero-order valence-corrected chi connectivity index (χ0v) is 9.25. The van der Waals surface area contributed by atoms with Crippen molar-refractivity contribution in [1.82, 2.24) is 4.98 Å². The van der Waals surface area contributed by atoms with Gasteiger partial charge in [0.05, 0.1) is 0 Å². The lowest BCUT2D eigenvalue weighted by Crippen LogP contribution is -2.16. The first kappa shape index (κ1) is 13.0. The molecule has 1 heterocycles. The van der Waals surface area contributed by atoms with E-state index in [0.717, 1.165) is 0 Å². The van der Waals surface area contributed by atoms with Gasteiger partial charge in [-0.2, -0.15) is 22.5 Å². The molecule has 98 valence electrons. The van der Waals surface area contributed by atoms with Crippen LogP contribution in [0.25, 0.3) is 0 Å². The van der Waals surface area contributed by atoms with Crippen LogP contribution in [0.4, 0.5) is 23.2 Å². The van der Waals surface area contributed by atoms with Crippen molar-refractivity contribution >= 4 is 11.6 Å². The molecule has 1 aromatic carbocycles. The number of carbonyl (C=O) groups excluding carboxylic acids is 1. The summed E-state index contributed by atoms with van der Waals surface area (Å²) in [6.45, 7) is 0. The molecule has 0 saturated heterocycles. The van der Waals surface area contributed by atoms with E-state index in [0.29, 0.717) is 0 Å². The van der Waals surface area contributed by atoms with Crippen molar-refractivity contribution in [1.29, 1.82) is 0 Å². The summed E-state index contributed by atoms with van der Waals surface area (Å²) >= 11 is 0. The molecular weight excluding hydrogens is 264 g/mol. The van der Waals surface area contributed by atoms with E-state index in [-0.39, 0.29) is 5.56 Å². The Hall–Kier alpha value is -2.44. The molecule has 2 aromatic rings. The number of nitrogens with one attached hydrogen (secondary N) is 1. The van der Waals surface area contributed by atoms with E-state index < -0.39 is 35.1 Å². The fraction of sp³-hybridized carbons (Fsp3) is 0. The molecule has 0 aliphatic heterocycles. The predicted molar refractivity (Wildman–Crippen MR) is 58.5 cm³/mol. The smallest absolute Gasteiger partial charge is 0.255 e. The summed E-state index contributed by atoms with van der Waals surface area (Å²) < 4.78 is 52.2. The van der Waals surface area contributed by atoms with Gasteiger partial charge in [0.25, 0.3) is 17.8 Å². The third kappa shape index (κ3) is 2.54. The van der Waals surface area contributed by atoms with Gasteiger partial charge in [0.2, 0.25) is 11.6 Å². The molecule has 0 bridgehead atoms. The van der Waals surface area contributed by atoms with E-state index in [1.165, 1.54) is 24.3 Å². The van der Waals surface area contributed by atoms with Crippen LogP contribution in [0.3, 0.4) is 0 Å². The molecule has 0 fully saturated rings. The molecule has 0 atom stereocenters. The topological polar surface area (TPSA) is 42.0 Å². The van der Waals surface area contributed by atoms with Crippen LogP contribution < -0.4 is 5.32 Å². The van der Waals surface area contributed by atoms with Crippen molar-refractivity contribution in [2.24, 2.45) is 0 Å². The van der Waals surface area contributed by atoms with E-state index in [1.54, 1.807) is 11.4 Å². The van der Waals surface area contributed by atoms with Gasteiger partial charge >= 0.3 is 0 Å². The predicted octanol–water partition coefficient (Wildman–Crippen LogP) is 2.89. The fourth-order valence-corrected chi connectivity index (χ4v) is 1.37. The third-order valence-corrected chi connectivity index (χ3v) is 2.27. The van der Waals surface area contributed by atoms with Crippen LogP contribution in [0.15, 0.2) is 30.3 Å². The van der Waals surface area contributed by atoms with Crippen LogP contribution in [0.5, 0.6) is 0 Å². The second-order valence-electron chi connectivity index (χ2n) is 3.52. The first-order valence-corrected chi connectivity index (χ1v) is 5.07. The highest BCUT2D eigenvalue weighted by Crippen LogP contribution is 2.22. The Morgan fingerprint density at radius 2 is 1.47 bits per heavy atom. The summed E-state index contributed by atoms with van der Waals surface area (Å²) in [6.07, 6.45) is 0. The Kier molecular flexibility index (Phi) is 3.46. The van der Waals surface area contributed by atoms with Crippen LogP contribution in [-0.4, -0.2) is 10.9 Å². The second kappa shape index (κ2) is 5.05. The van der Waals surface area contributed by atoms with E-state index >= 15 is 0 Å². The summed E-state index contributed by atoms with van der Waals surface area (Å²) in [5.41, 5.74) is -1.13. The van der Waals surface area contributed by atoms with Gasteiger partial charge in [-0.15, -0.1) is 0 Å². The molecule has 0 spiro atoms. The number of hydrogen-bond acceptors (Lipinski definition) is 2. The maximum atomic E-state index is 13.3. The number of benzene rings is 1. The number of carbonyl (C=O) groups is 1. The zero-order chi connectivity index (χ0) is 14.0. The number of amides is 1. The normalized spacial score (nSPS) is 10.3. The standard InChI is InChI=1S/C12H6F4N2O/c13-7-9(8(14)11(16)18-10(7)15)17-12(19)6-4-2-1-3-5-6/h1-5H,(H,17,18,19). The second-order valence-corrected chi connectivity index (χ2v) is 3.52. The minimum absolute atomic E-state index is 0.0823. The van der Waals surface area contributed by atoms with Gasteiger partial charge < -0.3 is 5.32 Å². The molecule has 7 heteroatoms. The molecule has 0 saturated carbocycles. The minimum Gasteiger partial charge on any atom is -0.317 e. The Labute approximate surface area is 104 Å². The average Bonchev–Trinajstić information content (AvgIpc) is 2.42. The molecule has 1 N–H and O–H groups in total. The SMILES string of the molecule is O=C(Nc1c(F)c(F)nc(F)c1F)c1ccccc1. The molecule has 0 aliphatic carbocycles.